The van der Waals surface area contributed by atoms with Gasteiger partial charge in [-0.3, -0.25) is 4.79 Å². The van der Waals surface area contributed by atoms with Crippen LogP contribution in [0.1, 0.15) is 33.1 Å². The van der Waals surface area contributed by atoms with Gasteiger partial charge in [-0.15, -0.1) is 0 Å². The Morgan fingerprint density at radius 3 is 2.42 bits per heavy atom. The fourth-order valence-corrected chi connectivity index (χ4v) is 2.18. The standard InChI is InChI=1S/C13H24N2O4/c1-3-15(4-2)9-5-8-14-12(16)10-6-7-11(19-10)13(17)18/h10-11H,3-9H2,1-2H3,(H,14,16)(H,17,18)/t10-,11+/m0/s1. The summed E-state index contributed by atoms with van der Waals surface area (Å²) in [6, 6.07) is 0. The number of nitrogens with one attached hydrogen (secondary N) is 1. The van der Waals surface area contributed by atoms with Gasteiger partial charge in [0.15, 0.2) is 6.10 Å². The van der Waals surface area contributed by atoms with Crippen LogP contribution in [-0.4, -0.2) is 60.3 Å². The van der Waals surface area contributed by atoms with Crippen LogP contribution < -0.4 is 5.32 Å². The van der Waals surface area contributed by atoms with Crippen molar-refractivity contribution in [2.45, 2.75) is 45.3 Å². The predicted molar refractivity (Wildman–Crippen MR) is 70.9 cm³/mol. The first-order valence-electron chi connectivity index (χ1n) is 6.96. The molecule has 0 aliphatic carbocycles. The van der Waals surface area contributed by atoms with Crippen LogP contribution in [0.5, 0.6) is 0 Å². The minimum atomic E-state index is -0.989. The zero-order chi connectivity index (χ0) is 14.3. The van der Waals surface area contributed by atoms with E-state index in [4.69, 9.17) is 9.84 Å². The van der Waals surface area contributed by atoms with E-state index in [9.17, 15) is 9.59 Å². The predicted octanol–water partition coefficient (Wildman–Crippen LogP) is 0.467. The summed E-state index contributed by atoms with van der Waals surface area (Å²) in [5, 5.41) is 11.6. The van der Waals surface area contributed by atoms with Crippen molar-refractivity contribution in [2.24, 2.45) is 0 Å². The van der Waals surface area contributed by atoms with Crippen LogP contribution in [0, 0.1) is 0 Å². The molecule has 0 aromatic carbocycles. The Balaban J connectivity index is 2.17. The molecular weight excluding hydrogens is 248 g/mol. The van der Waals surface area contributed by atoms with E-state index < -0.39 is 18.2 Å². The summed E-state index contributed by atoms with van der Waals surface area (Å²) in [6.45, 7) is 7.80. The molecule has 1 aliphatic rings. The monoisotopic (exact) mass is 272 g/mol. The normalized spacial score (nSPS) is 22.7. The lowest BCUT2D eigenvalue weighted by Gasteiger charge is -2.18. The lowest BCUT2D eigenvalue weighted by molar-refractivity contribution is -0.151. The van der Waals surface area contributed by atoms with Gasteiger partial charge in [0.05, 0.1) is 0 Å². The fourth-order valence-electron chi connectivity index (χ4n) is 2.18. The highest BCUT2D eigenvalue weighted by Gasteiger charge is 2.34. The molecule has 1 aliphatic heterocycles. The summed E-state index contributed by atoms with van der Waals surface area (Å²) >= 11 is 0. The van der Waals surface area contributed by atoms with Crippen LogP contribution >= 0.6 is 0 Å². The molecule has 6 heteroatoms. The van der Waals surface area contributed by atoms with Crippen molar-refractivity contribution in [3.8, 4) is 0 Å². The summed E-state index contributed by atoms with van der Waals surface area (Å²) < 4.78 is 5.18. The molecule has 0 spiro atoms. The zero-order valence-electron chi connectivity index (χ0n) is 11.7. The highest BCUT2D eigenvalue weighted by atomic mass is 16.5. The second-order valence-electron chi connectivity index (χ2n) is 4.70. The number of carboxylic acids is 1. The molecule has 1 fully saturated rings. The van der Waals surface area contributed by atoms with Crippen LogP contribution in [0.25, 0.3) is 0 Å². The van der Waals surface area contributed by atoms with Gasteiger partial charge in [-0.1, -0.05) is 13.8 Å². The topological polar surface area (TPSA) is 78.9 Å². The zero-order valence-corrected chi connectivity index (χ0v) is 11.7. The smallest absolute Gasteiger partial charge is 0.332 e. The Morgan fingerprint density at radius 1 is 1.26 bits per heavy atom. The molecule has 2 atom stereocenters. The van der Waals surface area contributed by atoms with E-state index in [2.05, 4.69) is 24.1 Å². The highest BCUT2D eigenvalue weighted by molar-refractivity contribution is 5.82. The molecule has 19 heavy (non-hydrogen) atoms. The van der Waals surface area contributed by atoms with E-state index in [1.807, 2.05) is 0 Å². The van der Waals surface area contributed by atoms with E-state index in [-0.39, 0.29) is 5.91 Å². The average molecular weight is 272 g/mol. The first kappa shape index (κ1) is 15.9. The van der Waals surface area contributed by atoms with Crippen LogP contribution in [0.3, 0.4) is 0 Å². The Kier molecular flexibility index (Phi) is 6.80. The van der Waals surface area contributed by atoms with Gasteiger partial charge in [-0.25, -0.2) is 4.79 Å². The van der Waals surface area contributed by atoms with Crippen LogP contribution in [0.4, 0.5) is 0 Å². The van der Waals surface area contributed by atoms with Gasteiger partial charge in [0, 0.05) is 6.54 Å². The summed E-state index contributed by atoms with van der Waals surface area (Å²) in [5.41, 5.74) is 0. The molecule has 0 aromatic rings. The number of carbonyl (C=O) groups is 2. The van der Waals surface area contributed by atoms with Gasteiger partial charge >= 0.3 is 5.97 Å². The molecule has 2 N–H and O–H groups in total. The van der Waals surface area contributed by atoms with Gasteiger partial charge in [-0.2, -0.15) is 0 Å². The maximum Gasteiger partial charge on any atom is 0.332 e. The van der Waals surface area contributed by atoms with E-state index in [0.29, 0.717) is 19.4 Å². The molecule has 6 nitrogen and oxygen atoms in total. The Bertz CT molecular complexity index is 305. The molecule has 1 heterocycles. The number of amides is 1. The molecule has 0 unspecified atom stereocenters. The minimum Gasteiger partial charge on any atom is -0.479 e. The van der Waals surface area contributed by atoms with Crippen molar-refractivity contribution in [3.63, 3.8) is 0 Å². The Labute approximate surface area is 114 Å². The number of hydrogen-bond acceptors (Lipinski definition) is 4. The Hall–Kier alpha value is -1.14. The molecule has 0 saturated carbocycles. The average Bonchev–Trinajstić information content (AvgIpc) is 2.88. The SMILES string of the molecule is CCN(CC)CCCNC(=O)[C@@H]1CC[C@H](C(=O)O)O1. The van der Waals surface area contributed by atoms with E-state index in [1.165, 1.54) is 0 Å². The lowest BCUT2D eigenvalue weighted by Crippen LogP contribution is -2.37. The summed E-state index contributed by atoms with van der Waals surface area (Å²) in [4.78, 5) is 24.8. The summed E-state index contributed by atoms with van der Waals surface area (Å²) in [6.07, 6.45) is 0.356. The third-order valence-corrected chi connectivity index (χ3v) is 3.43. The molecule has 1 amide bonds. The van der Waals surface area contributed by atoms with E-state index >= 15 is 0 Å². The van der Waals surface area contributed by atoms with Gasteiger partial charge in [0.25, 0.3) is 0 Å². The Morgan fingerprint density at radius 2 is 1.89 bits per heavy atom. The van der Waals surface area contributed by atoms with Crippen LogP contribution in [0.2, 0.25) is 0 Å². The van der Waals surface area contributed by atoms with Crippen molar-refractivity contribution in [3.05, 3.63) is 0 Å². The van der Waals surface area contributed by atoms with E-state index in [1.54, 1.807) is 0 Å². The number of aliphatic carboxylic acids is 1. The molecule has 110 valence electrons. The van der Waals surface area contributed by atoms with Crippen molar-refractivity contribution in [1.29, 1.82) is 0 Å². The molecular formula is C13H24N2O4. The highest BCUT2D eigenvalue weighted by Crippen LogP contribution is 2.19. The van der Waals surface area contributed by atoms with Crippen LogP contribution in [0.15, 0.2) is 0 Å². The molecule has 0 aromatic heterocycles. The largest absolute Gasteiger partial charge is 0.479 e. The van der Waals surface area contributed by atoms with Gasteiger partial charge < -0.3 is 20.1 Å². The molecule has 0 bridgehead atoms. The van der Waals surface area contributed by atoms with Crippen molar-refractivity contribution in [2.75, 3.05) is 26.2 Å². The number of ether oxygens (including phenoxy) is 1. The third kappa shape index (κ3) is 5.16. The molecule has 1 rings (SSSR count). The third-order valence-electron chi connectivity index (χ3n) is 3.43. The van der Waals surface area contributed by atoms with E-state index in [0.717, 1.165) is 26.1 Å². The first-order valence-corrected chi connectivity index (χ1v) is 6.96. The van der Waals surface area contributed by atoms with Crippen LogP contribution in [-0.2, 0) is 14.3 Å². The van der Waals surface area contributed by atoms with Crippen molar-refractivity contribution >= 4 is 11.9 Å². The van der Waals surface area contributed by atoms with Crippen molar-refractivity contribution in [1.82, 2.24) is 10.2 Å². The van der Waals surface area contributed by atoms with Gasteiger partial charge in [0.1, 0.15) is 6.10 Å². The van der Waals surface area contributed by atoms with Crippen molar-refractivity contribution < 1.29 is 19.4 Å². The number of carboxylic acid groups (broad SMARTS) is 1. The number of rotatable bonds is 8. The number of nitrogens with zero attached hydrogens (tertiary/aromatic N) is 1. The minimum absolute atomic E-state index is 0.191. The second kappa shape index (κ2) is 8.12. The quantitative estimate of drug-likeness (QED) is 0.628. The number of carbonyl (C=O) groups excluding carboxylic acids is 1. The maximum absolute atomic E-state index is 11.8. The van der Waals surface area contributed by atoms with Gasteiger partial charge in [0.2, 0.25) is 5.91 Å². The summed E-state index contributed by atoms with van der Waals surface area (Å²) in [7, 11) is 0. The lowest BCUT2D eigenvalue weighted by atomic mass is 10.2. The first-order chi connectivity index (χ1) is 9.08. The molecule has 0 radical (unpaired) electrons. The maximum atomic E-state index is 11.8. The van der Waals surface area contributed by atoms with Gasteiger partial charge in [-0.05, 0) is 38.9 Å². The second-order valence-corrected chi connectivity index (χ2v) is 4.70. The summed E-state index contributed by atoms with van der Waals surface area (Å²) in [5.74, 6) is -1.18. The fraction of sp³-hybridized carbons (Fsp3) is 0.846. The number of hydrogen-bond donors (Lipinski definition) is 2. The molecule has 1 saturated heterocycles.